The van der Waals surface area contributed by atoms with Gasteiger partial charge in [0, 0.05) is 12.1 Å². The van der Waals surface area contributed by atoms with Crippen LogP contribution in [-0.2, 0) is 0 Å². The molecule has 0 unspecified atom stereocenters. The molecular weight excluding hydrogens is 172 g/mol. The molecule has 0 atom stereocenters. The first-order valence-corrected chi connectivity index (χ1v) is 4.22. The maximum Gasteiger partial charge on any atom is 0.181 e. The smallest absolute Gasteiger partial charge is 0.181 e. The van der Waals surface area contributed by atoms with Gasteiger partial charge in [-0.25, -0.2) is 5.84 Å². The highest BCUT2D eigenvalue weighted by atomic mass is 32.1. The summed E-state index contributed by atoms with van der Waals surface area (Å²) < 4.78 is 0. The van der Waals surface area contributed by atoms with Crippen molar-refractivity contribution in [1.82, 2.24) is 15.6 Å². The molecule has 0 aromatic carbocycles. The number of nitrogens with two attached hydrogens (primary N) is 1. The Balaban J connectivity index is 3.94. The van der Waals surface area contributed by atoms with Gasteiger partial charge in [-0.1, -0.05) is 0 Å². The van der Waals surface area contributed by atoms with E-state index >= 15 is 0 Å². The zero-order valence-electron chi connectivity index (χ0n) is 8.14. The SMILES string of the molecule is CN(C)CC(C)(C)NC(=S)NN. The molecule has 0 spiro atoms. The molecule has 0 saturated carbocycles. The predicted molar refractivity (Wildman–Crippen MR) is 55.7 cm³/mol. The average Bonchev–Trinajstić information content (AvgIpc) is 1.83. The predicted octanol–water partition coefficient (Wildman–Crippen LogP) is -0.336. The lowest BCUT2D eigenvalue weighted by Gasteiger charge is -2.30. The van der Waals surface area contributed by atoms with Gasteiger partial charge in [0.1, 0.15) is 0 Å². The first-order valence-electron chi connectivity index (χ1n) is 3.81. The van der Waals surface area contributed by atoms with Crippen molar-refractivity contribution in [3.8, 4) is 0 Å². The normalized spacial score (nSPS) is 11.5. The van der Waals surface area contributed by atoms with Crippen LogP contribution in [0.4, 0.5) is 0 Å². The Morgan fingerprint density at radius 2 is 2.00 bits per heavy atom. The molecular formula is C7H18N4S. The molecule has 0 bridgehead atoms. The highest BCUT2D eigenvalue weighted by molar-refractivity contribution is 7.80. The zero-order valence-corrected chi connectivity index (χ0v) is 8.96. The van der Waals surface area contributed by atoms with E-state index in [9.17, 15) is 0 Å². The molecule has 5 heteroatoms. The van der Waals surface area contributed by atoms with Crippen molar-refractivity contribution >= 4 is 17.3 Å². The molecule has 0 aromatic heterocycles. The maximum absolute atomic E-state index is 5.14. The number of likely N-dealkylation sites (N-methyl/N-ethyl adjacent to an activating group) is 1. The van der Waals surface area contributed by atoms with Crippen LogP contribution in [0.5, 0.6) is 0 Å². The fraction of sp³-hybridized carbons (Fsp3) is 0.857. The van der Waals surface area contributed by atoms with Crippen LogP contribution in [0, 0.1) is 0 Å². The van der Waals surface area contributed by atoms with Crippen LogP contribution in [0.1, 0.15) is 13.8 Å². The van der Waals surface area contributed by atoms with Crippen LogP contribution in [0.2, 0.25) is 0 Å². The fourth-order valence-electron chi connectivity index (χ4n) is 1.17. The van der Waals surface area contributed by atoms with E-state index in [4.69, 9.17) is 18.1 Å². The lowest BCUT2D eigenvalue weighted by atomic mass is 10.1. The second-order valence-electron chi connectivity index (χ2n) is 3.72. The fourth-order valence-corrected chi connectivity index (χ4v) is 1.45. The molecule has 0 aliphatic heterocycles. The van der Waals surface area contributed by atoms with E-state index < -0.39 is 0 Å². The van der Waals surface area contributed by atoms with E-state index in [0.29, 0.717) is 5.11 Å². The molecule has 4 nitrogen and oxygen atoms in total. The standard InChI is InChI=1S/C7H18N4S/c1-7(2,5-11(3)4)9-6(12)10-8/h5,8H2,1-4H3,(H2,9,10,12). The first kappa shape index (κ1) is 11.6. The highest BCUT2D eigenvalue weighted by Gasteiger charge is 2.18. The monoisotopic (exact) mass is 190 g/mol. The molecule has 0 aromatic rings. The lowest BCUT2D eigenvalue weighted by molar-refractivity contribution is 0.295. The molecule has 0 fully saturated rings. The van der Waals surface area contributed by atoms with Gasteiger partial charge in [0.15, 0.2) is 5.11 Å². The van der Waals surface area contributed by atoms with Crippen molar-refractivity contribution in [2.45, 2.75) is 19.4 Å². The van der Waals surface area contributed by atoms with E-state index in [2.05, 4.69) is 29.5 Å². The van der Waals surface area contributed by atoms with Crippen molar-refractivity contribution in [2.24, 2.45) is 5.84 Å². The summed E-state index contributed by atoms with van der Waals surface area (Å²) in [6.07, 6.45) is 0. The first-order chi connectivity index (χ1) is 5.37. The summed E-state index contributed by atoms with van der Waals surface area (Å²) >= 11 is 4.89. The number of nitrogens with zero attached hydrogens (tertiary/aromatic N) is 1. The number of thiocarbonyl (C=S) groups is 1. The number of rotatable bonds is 3. The summed E-state index contributed by atoms with van der Waals surface area (Å²) in [5, 5.41) is 3.56. The van der Waals surface area contributed by atoms with Gasteiger partial charge in [-0.15, -0.1) is 0 Å². The quantitative estimate of drug-likeness (QED) is 0.323. The van der Waals surface area contributed by atoms with Gasteiger partial charge >= 0.3 is 0 Å². The molecule has 4 N–H and O–H groups in total. The highest BCUT2D eigenvalue weighted by Crippen LogP contribution is 2.02. The Hall–Kier alpha value is -0.390. The third-order valence-electron chi connectivity index (χ3n) is 1.29. The molecule has 12 heavy (non-hydrogen) atoms. The molecule has 72 valence electrons. The summed E-state index contributed by atoms with van der Waals surface area (Å²) in [4.78, 5) is 2.09. The minimum Gasteiger partial charge on any atom is -0.356 e. The Morgan fingerprint density at radius 3 is 2.33 bits per heavy atom. The number of hydrogen-bond donors (Lipinski definition) is 3. The van der Waals surface area contributed by atoms with Gasteiger partial charge in [0.05, 0.1) is 0 Å². The number of nitrogens with one attached hydrogen (secondary N) is 2. The van der Waals surface area contributed by atoms with E-state index in [1.165, 1.54) is 0 Å². The second kappa shape index (κ2) is 4.59. The van der Waals surface area contributed by atoms with Gasteiger partial charge in [0.25, 0.3) is 0 Å². The minimum absolute atomic E-state index is 0.0625. The van der Waals surface area contributed by atoms with Crippen molar-refractivity contribution in [3.05, 3.63) is 0 Å². The van der Waals surface area contributed by atoms with Crippen LogP contribution < -0.4 is 16.6 Å². The summed E-state index contributed by atoms with van der Waals surface area (Å²) in [5.41, 5.74) is 2.33. The number of hydrogen-bond acceptors (Lipinski definition) is 3. The van der Waals surface area contributed by atoms with Gasteiger partial charge in [-0.2, -0.15) is 0 Å². The van der Waals surface area contributed by atoms with Crippen molar-refractivity contribution < 1.29 is 0 Å². The molecule has 0 aliphatic rings. The topological polar surface area (TPSA) is 53.3 Å². The van der Waals surface area contributed by atoms with E-state index in [-0.39, 0.29) is 5.54 Å². The Morgan fingerprint density at radius 1 is 1.50 bits per heavy atom. The largest absolute Gasteiger partial charge is 0.356 e. The summed E-state index contributed by atoms with van der Waals surface area (Å²) in [6, 6.07) is 0. The van der Waals surface area contributed by atoms with Crippen LogP contribution in [0.3, 0.4) is 0 Å². The van der Waals surface area contributed by atoms with Gasteiger partial charge in [-0.3, -0.25) is 0 Å². The van der Waals surface area contributed by atoms with Gasteiger partial charge in [-0.05, 0) is 40.2 Å². The molecule has 0 rings (SSSR count). The molecule has 0 aliphatic carbocycles. The van der Waals surface area contributed by atoms with E-state index in [0.717, 1.165) is 6.54 Å². The van der Waals surface area contributed by atoms with Crippen molar-refractivity contribution in [1.29, 1.82) is 0 Å². The van der Waals surface area contributed by atoms with Crippen LogP contribution in [0.15, 0.2) is 0 Å². The third-order valence-corrected chi connectivity index (χ3v) is 1.51. The Kier molecular flexibility index (Phi) is 4.44. The zero-order chi connectivity index (χ0) is 9.78. The van der Waals surface area contributed by atoms with Crippen molar-refractivity contribution in [2.75, 3.05) is 20.6 Å². The molecule has 0 radical (unpaired) electrons. The van der Waals surface area contributed by atoms with Gasteiger partial charge in [0.2, 0.25) is 0 Å². The van der Waals surface area contributed by atoms with Crippen molar-refractivity contribution in [3.63, 3.8) is 0 Å². The Bertz CT molecular complexity index is 155. The number of hydrazine groups is 1. The summed E-state index contributed by atoms with van der Waals surface area (Å²) in [5.74, 6) is 5.14. The molecule has 0 heterocycles. The second-order valence-corrected chi connectivity index (χ2v) is 4.13. The Labute approximate surface area is 79.5 Å². The maximum atomic E-state index is 5.14. The summed E-state index contributed by atoms with van der Waals surface area (Å²) in [7, 11) is 4.03. The van der Waals surface area contributed by atoms with Gasteiger partial charge < -0.3 is 15.6 Å². The minimum atomic E-state index is -0.0625. The summed E-state index contributed by atoms with van der Waals surface area (Å²) in [6.45, 7) is 5.03. The average molecular weight is 190 g/mol. The lowest BCUT2D eigenvalue weighted by Crippen LogP contribution is -2.54. The van der Waals surface area contributed by atoms with E-state index in [1.54, 1.807) is 0 Å². The van der Waals surface area contributed by atoms with Crippen LogP contribution in [0.25, 0.3) is 0 Å². The molecule has 0 saturated heterocycles. The van der Waals surface area contributed by atoms with E-state index in [1.807, 2.05) is 14.1 Å². The van der Waals surface area contributed by atoms with Crippen LogP contribution >= 0.6 is 12.2 Å². The molecule has 0 amide bonds. The van der Waals surface area contributed by atoms with Crippen LogP contribution in [-0.4, -0.2) is 36.2 Å². The third kappa shape index (κ3) is 5.29.